The Morgan fingerprint density at radius 2 is 0.966 bits per heavy atom. The number of nitrogens with two attached hydrogens (primary N) is 4. The molecule has 6 aromatic rings. The standard InChI is InChI=1S/C40H45N11O8/c1-19(52)35(41)33(54)9-11-50(43)39(58)31-17-23-14-25(4-7-28(23)48-31)45-37(56)21-3-6-27-22(13-21)16-30(47-27)38(57)46-26-5-8-29-24(15-26)18-32(49-29)40(59)51(44)12-10-34(55)36(42)20(2)53/h3-8,13-20,35-36,47-49,52-53H,9-12,41-44H2,1-2H3,(H,45,56)(H,46,57)/t19-,20-,35+,36+/m1/s1. The number of aliphatic hydroxyl groups excluding tert-OH is 2. The van der Waals surface area contributed by atoms with Gasteiger partial charge in [0, 0.05) is 75.6 Å². The molecule has 3 heterocycles. The summed E-state index contributed by atoms with van der Waals surface area (Å²) >= 11 is 0. The Bertz CT molecular complexity index is 2450. The molecule has 15 N–H and O–H groups in total. The number of aromatic amines is 3. The fraction of sp³-hybridized carbons (Fsp3) is 0.250. The maximum atomic E-state index is 13.3. The van der Waals surface area contributed by atoms with Gasteiger partial charge in [-0.15, -0.1) is 0 Å². The van der Waals surface area contributed by atoms with Crippen LogP contribution in [0.4, 0.5) is 11.4 Å². The number of hydrogen-bond donors (Lipinski definition) is 11. The van der Waals surface area contributed by atoms with Crippen molar-refractivity contribution in [3.05, 3.63) is 95.4 Å². The summed E-state index contributed by atoms with van der Waals surface area (Å²) in [6, 6.07) is 17.6. The van der Waals surface area contributed by atoms with E-state index < -0.39 is 59.5 Å². The van der Waals surface area contributed by atoms with Gasteiger partial charge in [-0.25, -0.2) is 11.7 Å². The van der Waals surface area contributed by atoms with Crippen LogP contribution >= 0.6 is 0 Å². The lowest BCUT2D eigenvalue weighted by atomic mass is 10.1. The Balaban J connectivity index is 1.06. The first-order valence-electron chi connectivity index (χ1n) is 18.6. The highest BCUT2D eigenvalue weighted by Crippen LogP contribution is 2.25. The molecule has 6 rings (SSSR count). The van der Waals surface area contributed by atoms with E-state index in [0.29, 0.717) is 49.6 Å². The number of carbonyl (C=O) groups is 6. The Kier molecular flexibility index (Phi) is 12.4. The van der Waals surface area contributed by atoms with Crippen LogP contribution in [0.2, 0.25) is 0 Å². The van der Waals surface area contributed by atoms with Crippen LogP contribution < -0.4 is 33.8 Å². The first-order valence-corrected chi connectivity index (χ1v) is 18.6. The van der Waals surface area contributed by atoms with Crippen LogP contribution in [0.3, 0.4) is 0 Å². The molecule has 4 amide bonds. The lowest BCUT2D eigenvalue weighted by molar-refractivity contribution is -0.123. The summed E-state index contributed by atoms with van der Waals surface area (Å²) in [5.74, 6) is 8.96. The predicted octanol–water partition coefficient (Wildman–Crippen LogP) is 1.60. The minimum Gasteiger partial charge on any atom is -0.391 e. The van der Waals surface area contributed by atoms with E-state index in [1.165, 1.54) is 13.8 Å². The van der Waals surface area contributed by atoms with Crippen LogP contribution in [-0.2, 0) is 9.59 Å². The van der Waals surface area contributed by atoms with E-state index in [1.54, 1.807) is 72.8 Å². The molecule has 3 aromatic carbocycles. The number of fused-ring (bicyclic) bond motifs is 3. The van der Waals surface area contributed by atoms with Gasteiger partial charge in [0.2, 0.25) is 0 Å². The largest absolute Gasteiger partial charge is 0.391 e. The van der Waals surface area contributed by atoms with Gasteiger partial charge >= 0.3 is 0 Å². The van der Waals surface area contributed by atoms with Crippen LogP contribution in [0.15, 0.2) is 72.8 Å². The fourth-order valence-electron chi connectivity index (χ4n) is 6.29. The van der Waals surface area contributed by atoms with E-state index in [2.05, 4.69) is 25.6 Å². The molecule has 0 unspecified atom stereocenters. The average Bonchev–Trinajstić information content (AvgIpc) is 3.96. The van der Waals surface area contributed by atoms with Crippen LogP contribution in [0.5, 0.6) is 0 Å². The molecule has 0 aliphatic carbocycles. The molecule has 0 spiro atoms. The fourth-order valence-corrected chi connectivity index (χ4v) is 6.29. The third-order valence-corrected chi connectivity index (χ3v) is 9.85. The lowest BCUT2D eigenvalue weighted by Gasteiger charge is -2.18. The summed E-state index contributed by atoms with van der Waals surface area (Å²) in [4.78, 5) is 85.7. The molecule has 0 saturated carbocycles. The summed E-state index contributed by atoms with van der Waals surface area (Å²) in [6.45, 7) is 2.60. The second kappa shape index (κ2) is 17.4. The number of carbonyl (C=O) groups excluding carboxylic acids is 6. The van der Waals surface area contributed by atoms with Gasteiger partial charge < -0.3 is 47.3 Å². The van der Waals surface area contributed by atoms with Crippen LogP contribution in [0.25, 0.3) is 32.7 Å². The van der Waals surface area contributed by atoms with Crippen LogP contribution in [0.1, 0.15) is 68.5 Å². The van der Waals surface area contributed by atoms with E-state index in [9.17, 15) is 39.0 Å². The molecule has 0 aliphatic rings. The zero-order chi connectivity index (χ0) is 42.7. The highest BCUT2D eigenvalue weighted by molar-refractivity contribution is 6.10. The van der Waals surface area contributed by atoms with E-state index in [0.717, 1.165) is 10.0 Å². The van der Waals surface area contributed by atoms with Crippen LogP contribution in [-0.4, -0.2) is 108 Å². The monoisotopic (exact) mass is 807 g/mol. The number of Topliss-reactive ketones (excluding diaryl/α,β-unsaturated/α-hetero) is 2. The number of amides is 4. The number of aromatic nitrogens is 3. The van der Waals surface area contributed by atoms with Crippen molar-refractivity contribution >= 4 is 79.3 Å². The summed E-state index contributed by atoms with van der Waals surface area (Å²) in [7, 11) is 0. The van der Waals surface area contributed by atoms with Crippen molar-refractivity contribution in [2.45, 2.75) is 51.0 Å². The van der Waals surface area contributed by atoms with Gasteiger partial charge in [0.15, 0.2) is 11.6 Å². The molecule has 19 nitrogen and oxygen atoms in total. The smallest absolute Gasteiger partial charge is 0.284 e. The zero-order valence-corrected chi connectivity index (χ0v) is 32.1. The van der Waals surface area contributed by atoms with Crippen LogP contribution in [0, 0.1) is 0 Å². The molecule has 59 heavy (non-hydrogen) atoms. The summed E-state index contributed by atoms with van der Waals surface area (Å²) in [5, 5.41) is 28.3. The molecule has 0 fully saturated rings. The number of benzene rings is 3. The molecule has 4 atom stereocenters. The number of nitrogens with zero attached hydrogens (tertiary/aromatic N) is 2. The molecule has 0 radical (unpaired) electrons. The number of H-pyrrole nitrogens is 3. The molecule has 3 aromatic heterocycles. The molecular weight excluding hydrogens is 763 g/mol. The number of nitrogens with one attached hydrogen (secondary N) is 5. The van der Waals surface area contributed by atoms with Gasteiger partial charge in [-0.05, 0) is 86.6 Å². The van der Waals surface area contributed by atoms with Crippen molar-refractivity contribution < 1.29 is 39.0 Å². The van der Waals surface area contributed by atoms with Gasteiger partial charge in [-0.1, -0.05) is 0 Å². The molecule has 0 aliphatic heterocycles. The second-order valence-corrected chi connectivity index (χ2v) is 14.3. The van der Waals surface area contributed by atoms with Crippen molar-refractivity contribution in [2.24, 2.45) is 23.2 Å². The topological polar surface area (TPSA) is 325 Å². The van der Waals surface area contributed by atoms with Crippen molar-refractivity contribution in [1.29, 1.82) is 0 Å². The van der Waals surface area contributed by atoms with Gasteiger partial charge in [0.1, 0.15) is 17.1 Å². The number of rotatable bonds is 16. The molecular formula is C40H45N11O8. The van der Waals surface area contributed by atoms with Crippen molar-refractivity contribution in [3.8, 4) is 0 Å². The average molecular weight is 808 g/mol. The number of hydrogen-bond acceptors (Lipinski definition) is 12. The van der Waals surface area contributed by atoms with Gasteiger partial charge in [0.05, 0.1) is 24.3 Å². The maximum absolute atomic E-state index is 13.3. The molecule has 19 heteroatoms. The molecule has 0 bridgehead atoms. The number of aliphatic hydroxyl groups is 2. The first kappa shape index (κ1) is 41.9. The second-order valence-electron chi connectivity index (χ2n) is 14.3. The van der Waals surface area contributed by atoms with Gasteiger partial charge in [-0.3, -0.25) is 38.8 Å². The number of anilines is 2. The Morgan fingerprint density at radius 3 is 1.42 bits per heavy atom. The van der Waals surface area contributed by atoms with Gasteiger partial charge in [0.25, 0.3) is 23.6 Å². The third-order valence-electron chi connectivity index (χ3n) is 9.85. The van der Waals surface area contributed by atoms with E-state index >= 15 is 0 Å². The third kappa shape index (κ3) is 9.53. The Labute approximate surface area is 336 Å². The van der Waals surface area contributed by atoms with Gasteiger partial charge in [-0.2, -0.15) is 0 Å². The Hall–Kier alpha value is -6.74. The minimum absolute atomic E-state index is 0.102. The Morgan fingerprint density at radius 1 is 0.576 bits per heavy atom. The lowest BCUT2D eigenvalue weighted by Crippen LogP contribution is -2.44. The predicted molar refractivity (Wildman–Crippen MR) is 220 cm³/mol. The summed E-state index contributed by atoms with van der Waals surface area (Å²) < 4.78 is 0. The maximum Gasteiger partial charge on any atom is 0.284 e. The quantitative estimate of drug-likeness (QED) is 0.0378. The summed E-state index contributed by atoms with van der Waals surface area (Å²) in [5.41, 5.74) is 15.0. The first-order chi connectivity index (χ1) is 28.0. The summed E-state index contributed by atoms with van der Waals surface area (Å²) in [6.07, 6.45) is -2.31. The number of ketones is 2. The minimum atomic E-state index is -1.07. The van der Waals surface area contributed by atoms with Crippen molar-refractivity contribution in [3.63, 3.8) is 0 Å². The molecule has 308 valence electrons. The highest BCUT2D eigenvalue weighted by Gasteiger charge is 2.23. The van der Waals surface area contributed by atoms with Crippen molar-refractivity contribution in [2.75, 3.05) is 23.7 Å². The molecule has 0 saturated heterocycles. The van der Waals surface area contributed by atoms with E-state index in [-0.39, 0.29) is 43.0 Å². The van der Waals surface area contributed by atoms with E-state index in [4.69, 9.17) is 23.2 Å². The zero-order valence-electron chi connectivity index (χ0n) is 32.1. The highest BCUT2D eigenvalue weighted by atomic mass is 16.3. The van der Waals surface area contributed by atoms with Crippen molar-refractivity contribution in [1.82, 2.24) is 25.0 Å². The SMILES string of the molecule is C[C@@H](O)[C@H](N)C(=O)CCN(N)C(=O)c1cc2cc(NC(=O)c3ccc4[nH]c(C(=O)Nc5ccc6[nH]c(C(=O)N(N)CCC(=O)[C@@H](N)[C@@H](C)O)cc6c5)cc4c3)ccc2[nH]1. The van der Waals surface area contributed by atoms with E-state index in [1.807, 2.05) is 0 Å². The number of hydrazine groups is 2. The normalized spacial score (nSPS) is 13.5.